The molecule has 13 heteroatoms. The molecule has 0 radical (unpaired) electrons. The van der Waals surface area contributed by atoms with Crippen LogP contribution in [0.25, 0.3) is 0 Å². The van der Waals surface area contributed by atoms with E-state index < -0.39 is 48.8 Å². The molecular formula is C43H80N4O9. The lowest BCUT2D eigenvalue weighted by atomic mass is 9.83. The number of ketones is 2. The van der Waals surface area contributed by atoms with Crippen molar-refractivity contribution in [3.05, 3.63) is 0 Å². The number of aliphatic hydroxyl groups is 1. The first-order chi connectivity index (χ1) is 26.2. The quantitative estimate of drug-likeness (QED) is 0.132. The number of hydrogen-bond acceptors (Lipinski definition) is 10. The number of likely N-dealkylation sites (tertiary alicyclic amines) is 1. The summed E-state index contributed by atoms with van der Waals surface area (Å²) in [6.07, 6.45) is 1.23. The van der Waals surface area contributed by atoms with E-state index in [0.29, 0.717) is 13.0 Å². The van der Waals surface area contributed by atoms with Gasteiger partial charge in [0.05, 0.1) is 54.8 Å². The molecule has 1 N–H and O–H groups in total. The monoisotopic (exact) mass is 797 g/mol. The van der Waals surface area contributed by atoms with E-state index in [-0.39, 0.29) is 84.3 Å². The molecule has 0 unspecified atom stereocenters. The van der Waals surface area contributed by atoms with E-state index in [1.165, 1.54) is 7.11 Å². The van der Waals surface area contributed by atoms with Crippen LogP contribution in [0.5, 0.6) is 0 Å². The number of methoxy groups -OCH3 is 3. The molecule has 1 heterocycles. The number of nitrogens with zero attached hydrogens (tertiary/aromatic N) is 4. The highest BCUT2D eigenvalue weighted by Gasteiger charge is 2.45. The van der Waals surface area contributed by atoms with Crippen molar-refractivity contribution in [1.82, 2.24) is 19.6 Å². The average Bonchev–Trinajstić information content (AvgIpc) is 3.64. The molecule has 0 aromatic carbocycles. The number of Topliss-reactive ketones (excluding diaryl/α,β-unsaturated/α-hetero) is 2. The number of likely N-dealkylation sites (N-methyl/N-ethyl adjacent to an activating group) is 3. The third kappa shape index (κ3) is 13.3. The lowest BCUT2D eigenvalue weighted by Gasteiger charge is -2.42. The van der Waals surface area contributed by atoms with E-state index in [1.807, 2.05) is 72.4 Å². The number of aliphatic hydroxyl groups excluding tert-OH is 1. The van der Waals surface area contributed by atoms with Gasteiger partial charge in [-0.3, -0.25) is 28.9 Å². The second kappa shape index (κ2) is 24.5. The van der Waals surface area contributed by atoms with Crippen LogP contribution >= 0.6 is 0 Å². The van der Waals surface area contributed by atoms with Gasteiger partial charge in [0, 0.05) is 60.7 Å². The Balaban J connectivity index is 3.38. The zero-order valence-electron chi connectivity index (χ0n) is 37.9. The number of hydrogen-bond donors (Lipinski definition) is 1. The van der Waals surface area contributed by atoms with Gasteiger partial charge in [-0.15, -0.1) is 0 Å². The molecule has 0 spiro atoms. The molecule has 1 aliphatic rings. The van der Waals surface area contributed by atoms with Crippen LogP contribution in [0.2, 0.25) is 0 Å². The Morgan fingerprint density at radius 3 is 1.62 bits per heavy atom. The Kier molecular flexibility index (Phi) is 22.5. The highest BCUT2D eigenvalue weighted by Crippen LogP contribution is 2.32. The van der Waals surface area contributed by atoms with Gasteiger partial charge in [0.15, 0.2) is 11.6 Å². The molecule has 1 fully saturated rings. The van der Waals surface area contributed by atoms with Gasteiger partial charge in [-0.1, -0.05) is 75.2 Å². The van der Waals surface area contributed by atoms with Gasteiger partial charge in [0.25, 0.3) is 0 Å². The lowest BCUT2D eigenvalue weighted by Crippen LogP contribution is -2.56. The number of rotatable bonds is 26. The minimum absolute atomic E-state index is 0.00102. The Morgan fingerprint density at radius 1 is 0.714 bits per heavy atom. The van der Waals surface area contributed by atoms with E-state index in [4.69, 9.17) is 14.2 Å². The van der Waals surface area contributed by atoms with Crippen molar-refractivity contribution in [2.75, 3.05) is 62.7 Å². The maximum atomic E-state index is 14.3. The Bertz CT molecular complexity index is 1240. The van der Waals surface area contributed by atoms with Crippen molar-refractivity contribution in [3.63, 3.8) is 0 Å². The predicted molar refractivity (Wildman–Crippen MR) is 220 cm³/mol. The molecule has 0 aromatic rings. The van der Waals surface area contributed by atoms with E-state index in [1.54, 1.807) is 38.1 Å². The summed E-state index contributed by atoms with van der Waals surface area (Å²) in [5, 5.41) is 9.42. The summed E-state index contributed by atoms with van der Waals surface area (Å²) in [4.78, 5) is 75.8. The first kappa shape index (κ1) is 51.6. The minimum Gasteiger partial charge on any atom is -0.389 e. The largest absolute Gasteiger partial charge is 0.389 e. The average molecular weight is 797 g/mol. The van der Waals surface area contributed by atoms with Crippen molar-refractivity contribution in [2.24, 2.45) is 35.5 Å². The summed E-state index contributed by atoms with van der Waals surface area (Å²) in [5.41, 5.74) is 0. The number of ether oxygens (including phenoxy) is 3. The van der Waals surface area contributed by atoms with Gasteiger partial charge in [-0.25, -0.2) is 0 Å². The molecule has 3 amide bonds. The first-order valence-corrected chi connectivity index (χ1v) is 20.9. The molecule has 1 rings (SSSR count). The molecule has 0 saturated carbocycles. The fourth-order valence-corrected chi connectivity index (χ4v) is 9.10. The van der Waals surface area contributed by atoms with Gasteiger partial charge in [0.1, 0.15) is 6.61 Å². The Morgan fingerprint density at radius 2 is 1.21 bits per heavy atom. The van der Waals surface area contributed by atoms with E-state index in [0.717, 1.165) is 19.3 Å². The molecule has 1 aliphatic heterocycles. The van der Waals surface area contributed by atoms with Crippen LogP contribution in [0.3, 0.4) is 0 Å². The SMILES string of the molecule is CC[C@H](C)[C@@H]([C@@H](CC(=O)N1CCC[C@H]1[C@H](OC)[C@@H](C)C(=O)N(C)[C@@H]([C@@H](C)CC)[C@@H](CC(=O)CO)OC)OC)N(C)C(=O)[C@@H](CC(=O)[C@H](C(C)C)N(C)C)C(C)C. The van der Waals surface area contributed by atoms with Crippen molar-refractivity contribution in [3.8, 4) is 0 Å². The smallest absolute Gasteiger partial charge is 0.228 e. The first-order valence-electron chi connectivity index (χ1n) is 20.9. The van der Waals surface area contributed by atoms with Crippen LogP contribution in [0.15, 0.2) is 0 Å². The highest BCUT2D eigenvalue weighted by atomic mass is 16.5. The zero-order valence-corrected chi connectivity index (χ0v) is 37.9. The standard InChI is InChI=1S/C43H80N4O9/c1-17-28(7)39(35(54-14)22-31(49)25-48)45(12)42(52)30(9)41(56-16)33-20-19-21-47(33)37(51)24-36(55-15)40(29(8)18-2)46(13)43(53)32(26(3)4)23-34(50)38(27(5)6)44(10)11/h26-30,32-33,35-36,38-41,48H,17-25H2,1-16H3/t28-,29-,30+,32-,33-,35+,36+,38-,39-,40-,41+/m0/s1. The second-order valence-electron chi connectivity index (χ2n) is 17.3. The molecule has 1 saturated heterocycles. The minimum atomic E-state index is -0.630. The molecule has 0 aliphatic carbocycles. The molecule has 0 bridgehead atoms. The molecule has 326 valence electrons. The third-order valence-electron chi connectivity index (χ3n) is 12.6. The number of carbonyl (C=O) groups is 5. The lowest BCUT2D eigenvalue weighted by molar-refractivity contribution is -0.152. The zero-order chi connectivity index (χ0) is 43.2. The van der Waals surface area contributed by atoms with Crippen LogP contribution in [-0.4, -0.2) is 159 Å². The maximum Gasteiger partial charge on any atom is 0.228 e. The molecule has 0 aromatic heterocycles. The van der Waals surface area contributed by atoms with Crippen LogP contribution in [0, 0.1) is 35.5 Å². The third-order valence-corrected chi connectivity index (χ3v) is 12.6. The predicted octanol–water partition coefficient (Wildman–Crippen LogP) is 4.56. The molecule has 11 atom stereocenters. The number of carbonyl (C=O) groups excluding carboxylic acids is 5. The topological polar surface area (TPSA) is 146 Å². The maximum absolute atomic E-state index is 14.3. The summed E-state index contributed by atoms with van der Waals surface area (Å²) >= 11 is 0. The van der Waals surface area contributed by atoms with E-state index >= 15 is 0 Å². The van der Waals surface area contributed by atoms with Gasteiger partial charge in [-0.05, 0) is 50.6 Å². The van der Waals surface area contributed by atoms with Crippen molar-refractivity contribution in [2.45, 2.75) is 150 Å². The van der Waals surface area contributed by atoms with Crippen molar-refractivity contribution in [1.29, 1.82) is 0 Å². The van der Waals surface area contributed by atoms with Crippen molar-refractivity contribution >= 4 is 29.3 Å². The summed E-state index contributed by atoms with van der Waals surface area (Å²) < 4.78 is 17.8. The Hall–Kier alpha value is -2.45. The highest BCUT2D eigenvalue weighted by molar-refractivity contribution is 5.90. The van der Waals surface area contributed by atoms with Gasteiger partial charge in [-0.2, -0.15) is 0 Å². The van der Waals surface area contributed by atoms with Crippen molar-refractivity contribution < 1.29 is 43.3 Å². The molecule has 13 nitrogen and oxygen atoms in total. The van der Waals surface area contributed by atoms with E-state index in [2.05, 4.69) is 13.8 Å². The molecular weight excluding hydrogens is 716 g/mol. The fraction of sp³-hybridized carbons (Fsp3) is 0.884. The van der Waals surface area contributed by atoms with Crippen LogP contribution < -0.4 is 0 Å². The fourth-order valence-electron chi connectivity index (χ4n) is 9.10. The van der Waals surface area contributed by atoms with E-state index in [9.17, 15) is 29.1 Å². The summed E-state index contributed by atoms with van der Waals surface area (Å²) in [7, 11) is 11.9. The van der Waals surface area contributed by atoms with Crippen LogP contribution in [-0.2, 0) is 38.2 Å². The van der Waals surface area contributed by atoms with Crippen LogP contribution in [0.1, 0.15) is 107 Å². The molecule has 56 heavy (non-hydrogen) atoms. The number of amides is 3. The summed E-state index contributed by atoms with van der Waals surface area (Å²) in [6.45, 7) is 17.9. The van der Waals surface area contributed by atoms with Gasteiger partial charge >= 0.3 is 0 Å². The van der Waals surface area contributed by atoms with Gasteiger partial charge < -0.3 is 34.0 Å². The van der Waals surface area contributed by atoms with Gasteiger partial charge in [0.2, 0.25) is 17.7 Å². The van der Waals surface area contributed by atoms with Crippen LogP contribution in [0.4, 0.5) is 0 Å². The normalized spacial score (nSPS) is 20.2. The summed E-state index contributed by atoms with van der Waals surface area (Å²) in [5.74, 6) is -1.90. The Labute approximate surface area is 339 Å². The second-order valence-corrected chi connectivity index (χ2v) is 17.3. The summed E-state index contributed by atoms with van der Waals surface area (Å²) in [6, 6.07) is -1.51.